The summed E-state index contributed by atoms with van der Waals surface area (Å²) in [6, 6.07) is 7.62. The summed E-state index contributed by atoms with van der Waals surface area (Å²) in [7, 11) is 3.89. The van der Waals surface area contributed by atoms with Crippen LogP contribution < -0.4 is 16.6 Å². The average molecular weight is 481 g/mol. The number of unbranched alkanes of at least 4 members (excludes halogenated alkanes) is 2. The SMILES string of the molecule is CCCCN(C)Cc1cn(C)c(=O)cc1-c1ccc2c(N[C@@](C)(CO)CCCC)nc(N)nc2c1. The van der Waals surface area contributed by atoms with E-state index in [1.165, 1.54) is 0 Å². The molecule has 0 fully saturated rings. The zero-order valence-corrected chi connectivity index (χ0v) is 21.8. The van der Waals surface area contributed by atoms with Crippen LogP contribution in [0.25, 0.3) is 22.0 Å². The van der Waals surface area contributed by atoms with E-state index in [0.29, 0.717) is 11.3 Å². The first-order chi connectivity index (χ1) is 16.7. The van der Waals surface area contributed by atoms with Crippen molar-refractivity contribution >= 4 is 22.7 Å². The second-order valence-corrected chi connectivity index (χ2v) is 9.86. The zero-order valence-electron chi connectivity index (χ0n) is 21.8. The van der Waals surface area contributed by atoms with Gasteiger partial charge in [0.05, 0.1) is 17.7 Å². The Balaban J connectivity index is 2.04. The van der Waals surface area contributed by atoms with Crippen molar-refractivity contribution in [2.75, 3.05) is 31.2 Å². The highest BCUT2D eigenvalue weighted by molar-refractivity contribution is 5.93. The van der Waals surface area contributed by atoms with E-state index in [2.05, 4.69) is 41.1 Å². The molecular weight excluding hydrogens is 440 g/mol. The van der Waals surface area contributed by atoms with Gasteiger partial charge in [-0.3, -0.25) is 4.79 Å². The Morgan fingerprint density at radius 1 is 1.17 bits per heavy atom. The number of pyridine rings is 1. The summed E-state index contributed by atoms with van der Waals surface area (Å²) < 4.78 is 1.63. The molecular formula is C27H40N6O2. The first kappa shape index (κ1) is 26.6. The quantitative estimate of drug-likeness (QED) is 0.357. The van der Waals surface area contributed by atoms with E-state index in [-0.39, 0.29) is 18.1 Å². The van der Waals surface area contributed by atoms with Gasteiger partial charge < -0.3 is 25.6 Å². The van der Waals surface area contributed by atoms with Crippen molar-refractivity contribution in [3.05, 3.63) is 46.4 Å². The summed E-state index contributed by atoms with van der Waals surface area (Å²) >= 11 is 0. The summed E-state index contributed by atoms with van der Waals surface area (Å²) in [4.78, 5) is 23.7. The Labute approximate surface area is 208 Å². The summed E-state index contributed by atoms with van der Waals surface area (Å²) in [6.45, 7) is 8.03. The number of nitrogens with one attached hydrogen (secondary N) is 1. The number of fused-ring (bicyclic) bond motifs is 1. The summed E-state index contributed by atoms with van der Waals surface area (Å²) in [5.74, 6) is 0.770. The molecule has 3 rings (SSSR count). The van der Waals surface area contributed by atoms with Gasteiger partial charge in [-0.25, -0.2) is 4.98 Å². The van der Waals surface area contributed by atoms with Crippen LogP contribution in [0.2, 0.25) is 0 Å². The van der Waals surface area contributed by atoms with Crippen molar-refractivity contribution in [1.29, 1.82) is 0 Å². The number of nitrogens with zero attached hydrogens (tertiary/aromatic N) is 4. The smallest absolute Gasteiger partial charge is 0.250 e. The zero-order chi connectivity index (χ0) is 25.6. The predicted octanol–water partition coefficient (Wildman–Crippen LogP) is 4.16. The highest BCUT2D eigenvalue weighted by Crippen LogP contribution is 2.31. The van der Waals surface area contributed by atoms with Crippen LogP contribution >= 0.6 is 0 Å². The maximum absolute atomic E-state index is 12.5. The third kappa shape index (κ3) is 6.58. The average Bonchev–Trinajstić information content (AvgIpc) is 2.83. The monoisotopic (exact) mass is 480 g/mol. The Kier molecular flexibility index (Phi) is 8.86. The molecule has 0 bridgehead atoms. The Morgan fingerprint density at radius 3 is 2.60 bits per heavy atom. The van der Waals surface area contributed by atoms with Crippen molar-refractivity contribution in [3.63, 3.8) is 0 Å². The highest BCUT2D eigenvalue weighted by atomic mass is 16.3. The van der Waals surface area contributed by atoms with Gasteiger partial charge in [-0.15, -0.1) is 0 Å². The van der Waals surface area contributed by atoms with Gasteiger partial charge in [-0.2, -0.15) is 4.98 Å². The standard InChI is InChI=1S/C27H40N6O2/c1-6-8-12-27(3,18-34)31-25-21-11-10-19(14-23(21)29-26(28)30-25)22-15-24(35)33(5)17-20(22)16-32(4)13-9-7-2/h10-11,14-15,17,34H,6-9,12-13,16,18H2,1-5H3,(H3,28,29,30,31)/t27-/m1/s1. The number of aliphatic hydroxyl groups is 1. The van der Waals surface area contributed by atoms with Crippen molar-refractivity contribution in [1.82, 2.24) is 19.4 Å². The predicted molar refractivity (Wildman–Crippen MR) is 145 cm³/mol. The third-order valence-electron chi connectivity index (χ3n) is 6.52. The van der Waals surface area contributed by atoms with Crippen LogP contribution in [0.4, 0.5) is 11.8 Å². The Morgan fingerprint density at radius 2 is 1.91 bits per heavy atom. The van der Waals surface area contributed by atoms with Gasteiger partial charge in [0.1, 0.15) is 5.82 Å². The number of hydrogen-bond donors (Lipinski definition) is 3. The van der Waals surface area contributed by atoms with Gasteiger partial charge in [0.15, 0.2) is 0 Å². The third-order valence-corrected chi connectivity index (χ3v) is 6.52. The summed E-state index contributed by atoms with van der Waals surface area (Å²) in [5, 5.41) is 14.3. The van der Waals surface area contributed by atoms with Crippen LogP contribution in [-0.2, 0) is 13.6 Å². The molecule has 8 heteroatoms. The van der Waals surface area contributed by atoms with E-state index in [1.807, 2.05) is 31.3 Å². The molecule has 3 aromatic rings. The van der Waals surface area contributed by atoms with E-state index in [1.54, 1.807) is 17.7 Å². The molecule has 0 amide bonds. The van der Waals surface area contributed by atoms with Gasteiger partial charge in [0.2, 0.25) is 5.95 Å². The second kappa shape index (κ2) is 11.6. The number of benzene rings is 1. The Bertz CT molecular complexity index is 1210. The van der Waals surface area contributed by atoms with Gasteiger partial charge in [-0.1, -0.05) is 39.2 Å². The molecule has 190 valence electrons. The first-order valence-electron chi connectivity index (χ1n) is 12.5. The fourth-order valence-corrected chi connectivity index (χ4v) is 4.32. The molecule has 0 unspecified atom stereocenters. The first-order valence-corrected chi connectivity index (χ1v) is 12.5. The molecule has 0 aliphatic rings. The molecule has 2 aromatic heterocycles. The number of aliphatic hydroxyl groups excluding tert-OH is 1. The number of aryl methyl sites for hydroxylation is 1. The van der Waals surface area contributed by atoms with Crippen molar-refractivity contribution < 1.29 is 5.11 Å². The van der Waals surface area contributed by atoms with E-state index < -0.39 is 5.54 Å². The summed E-state index contributed by atoms with van der Waals surface area (Å²) in [6.07, 6.45) is 7.04. The Hall–Kier alpha value is -2.97. The number of aromatic nitrogens is 3. The lowest BCUT2D eigenvalue weighted by Crippen LogP contribution is -2.39. The van der Waals surface area contributed by atoms with Gasteiger partial charge in [0, 0.05) is 31.2 Å². The maximum Gasteiger partial charge on any atom is 0.250 e. The van der Waals surface area contributed by atoms with Crippen molar-refractivity contribution in [2.24, 2.45) is 7.05 Å². The largest absolute Gasteiger partial charge is 0.394 e. The molecule has 2 heterocycles. The van der Waals surface area contributed by atoms with Crippen LogP contribution in [0.1, 0.15) is 58.4 Å². The maximum atomic E-state index is 12.5. The number of nitrogen functional groups attached to an aromatic ring is 1. The van der Waals surface area contributed by atoms with Gasteiger partial charge in [-0.05, 0) is 62.2 Å². The minimum Gasteiger partial charge on any atom is -0.394 e. The topological polar surface area (TPSA) is 109 Å². The normalized spacial score (nSPS) is 13.3. The lowest BCUT2D eigenvalue weighted by atomic mass is 9.95. The molecule has 35 heavy (non-hydrogen) atoms. The number of rotatable bonds is 12. The van der Waals surface area contributed by atoms with Crippen molar-refractivity contribution in [2.45, 2.75) is 65.0 Å². The molecule has 0 aliphatic carbocycles. The molecule has 8 nitrogen and oxygen atoms in total. The van der Waals surface area contributed by atoms with E-state index in [0.717, 1.165) is 67.3 Å². The van der Waals surface area contributed by atoms with Crippen LogP contribution in [0.15, 0.2) is 35.3 Å². The number of hydrogen-bond acceptors (Lipinski definition) is 7. The molecule has 1 atom stereocenters. The minimum atomic E-state index is -0.510. The molecule has 0 spiro atoms. The van der Waals surface area contributed by atoms with Crippen molar-refractivity contribution in [3.8, 4) is 11.1 Å². The fourth-order valence-electron chi connectivity index (χ4n) is 4.32. The lowest BCUT2D eigenvalue weighted by molar-refractivity contribution is 0.212. The van der Waals surface area contributed by atoms with E-state index in [4.69, 9.17) is 5.73 Å². The molecule has 0 saturated heterocycles. The molecule has 1 aromatic carbocycles. The van der Waals surface area contributed by atoms with Crippen LogP contribution in [0.3, 0.4) is 0 Å². The highest BCUT2D eigenvalue weighted by Gasteiger charge is 2.24. The second-order valence-electron chi connectivity index (χ2n) is 9.86. The number of nitrogens with two attached hydrogens (primary N) is 1. The minimum absolute atomic E-state index is 0.0152. The van der Waals surface area contributed by atoms with E-state index in [9.17, 15) is 9.90 Å². The van der Waals surface area contributed by atoms with Gasteiger partial charge in [0.25, 0.3) is 5.56 Å². The van der Waals surface area contributed by atoms with Crippen LogP contribution in [-0.4, -0.2) is 50.3 Å². The molecule has 0 radical (unpaired) electrons. The molecule has 0 aliphatic heterocycles. The molecule has 0 saturated carbocycles. The fraction of sp³-hybridized carbons (Fsp3) is 0.519. The molecule has 4 N–H and O–H groups in total. The summed E-state index contributed by atoms with van der Waals surface area (Å²) in [5.41, 5.74) is 9.09. The number of anilines is 2. The lowest BCUT2D eigenvalue weighted by Gasteiger charge is -2.30. The van der Waals surface area contributed by atoms with Gasteiger partial charge >= 0.3 is 0 Å². The van der Waals surface area contributed by atoms with Crippen LogP contribution in [0, 0.1) is 0 Å². The van der Waals surface area contributed by atoms with E-state index >= 15 is 0 Å². The van der Waals surface area contributed by atoms with Crippen LogP contribution in [0.5, 0.6) is 0 Å².